The molecule has 0 atom stereocenters. The first kappa shape index (κ1) is 21.5. The van der Waals surface area contributed by atoms with Gasteiger partial charge in [-0.25, -0.2) is 0 Å². The average molecular weight is 407 g/mol. The summed E-state index contributed by atoms with van der Waals surface area (Å²) in [5.41, 5.74) is 3.19. The van der Waals surface area contributed by atoms with Gasteiger partial charge < -0.3 is 4.74 Å². The molecule has 162 valence electrons. The van der Waals surface area contributed by atoms with Crippen molar-refractivity contribution in [3.63, 3.8) is 0 Å². The molecule has 2 aliphatic rings. The smallest absolute Gasteiger partial charge is 0.0469 e. The molecule has 0 spiro atoms. The maximum atomic E-state index is 5.62. The lowest BCUT2D eigenvalue weighted by Gasteiger charge is -2.54. The summed E-state index contributed by atoms with van der Waals surface area (Å²) in [5.74, 6) is 0.749. The van der Waals surface area contributed by atoms with Crippen molar-refractivity contribution in [1.29, 1.82) is 0 Å². The molecule has 0 unspecified atom stereocenters. The molecule has 1 aliphatic carbocycles. The van der Waals surface area contributed by atoms with Crippen molar-refractivity contribution >= 4 is 0 Å². The average Bonchev–Trinajstić information content (AvgIpc) is 2.81. The number of ether oxygens (including phenoxy) is 1. The molecule has 2 aromatic carbocycles. The summed E-state index contributed by atoms with van der Waals surface area (Å²) in [7, 11) is 6.89. The Morgan fingerprint density at radius 1 is 0.733 bits per heavy atom. The standard InChI is InChI=1S/C27H38N2O/c1-28(2)26(24-10-6-4-7-11-24)16-18-27(19-17-26,25-12-8-5-9-13-25)29(3)22-23-14-20-30-21-15-23/h4-13,23H,14-22H2,1-3H3. The lowest BCUT2D eigenvalue weighted by Crippen LogP contribution is -2.54. The van der Waals surface area contributed by atoms with Crippen LogP contribution in [0.5, 0.6) is 0 Å². The molecule has 0 aromatic heterocycles. The molecule has 3 heteroatoms. The molecule has 1 heterocycles. The number of hydrogen-bond acceptors (Lipinski definition) is 3. The van der Waals surface area contributed by atoms with Crippen LogP contribution in [0.15, 0.2) is 60.7 Å². The van der Waals surface area contributed by atoms with Gasteiger partial charge in [0.1, 0.15) is 0 Å². The number of benzene rings is 2. The van der Waals surface area contributed by atoms with E-state index in [-0.39, 0.29) is 11.1 Å². The molecule has 2 aromatic rings. The monoisotopic (exact) mass is 406 g/mol. The first-order valence-corrected chi connectivity index (χ1v) is 11.6. The molecule has 2 fully saturated rings. The van der Waals surface area contributed by atoms with Gasteiger partial charge in [-0.15, -0.1) is 0 Å². The fourth-order valence-corrected chi connectivity index (χ4v) is 5.95. The summed E-state index contributed by atoms with van der Waals surface area (Å²) >= 11 is 0. The van der Waals surface area contributed by atoms with Crippen LogP contribution < -0.4 is 0 Å². The second-order valence-electron chi connectivity index (χ2n) is 9.63. The Morgan fingerprint density at radius 2 is 1.20 bits per heavy atom. The fourth-order valence-electron chi connectivity index (χ4n) is 5.95. The Morgan fingerprint density at radius 3 is 1.70 bits per heavy atom. The minimum absolute atomic E-state index is 0.119. The second-order valence-corrected chi connectivity index (χ2v) is 9.63. The Hall–Kier alpha value is -1.68. The third kappa shape index (κ3) is 4.08. The SMILES string of the molecule is CN(C)C1(c2ccccc2)CCC(c2ccccc2)(N(C)CC2CCOCC2)CC1. The predicted molar refractivity (Wildman–Crippen MR) is 125 cm³/mol. The van der Waals surface area contributed by atoms with Gasteiger partial charge in [0.2, 0.25) is 0 Å². The molecule has 30 heavy (non-hydrogen) atoms. The Bertz CT molecular complexity index is 775. The highest BCUT2D eigenvalue weighted by Crippen LogP contribution is 2.50. The zero-order chi connectivity index (χ0) is 21.0. The van der Waals surface area contributed by atoms with Crippen LogP contribution in [-0.2, 0) is 15.8 Å². The summed E-state index contributed by atoms with van der Waals surface area (Å²) < 4.78 is 5.62. The maximum Gasteiger partial charge on any atom is 0.0469 e. The van der Waals surface area contributed by atoms with Crippen LogP contribution in [0, 0.1) is 5.92 Å². The Kier molecular flexibility index (Phi) is 6.62. The van der Waals surface area contributed by atoms with E-state index in [0.29, 0.717) is 0 Å². The highest BCUT2D eigenvalue weighted by Gasteiger charge is 2.47. The molecule has 0 N–H and O–H groups in total. The van der Waals surface area contributed by atoms with Crippen LogP contribution >= 0.6 is 0 Å². The fraction of sp³-hybridized carbons (Fsp3) is 0.556. The maximum absolute atomic E-state index is 5.62. The van der Waals surface area contributed by atoms with E-state index in [1.54, 1.807) is 0 Å². The van der Waals surface area contributed by atoms with Gasteiger partial charge in [-0.1, -0.05) is 60.7 Å². The Labute approximate surface area is 183 Å². The molecule has 3 nitrogen and oxygen atoms in total. The number of rotatable bonds is 6. The first-order chi connectivity index (χ1) is 14.6. The van der Waals surface area contributed by atoms with Crippen LogP contribution in [0.3, 0.4) is 0 Å². The molecular formula is C27H38N2O. The van der Waals surface area contributed by atoms with Crippen molar-refractivity contribution in [2.24, 2.45) is 5.92 Å². The van der Waals surface area contributed by atoms with Gasteiger partial charge in [0.15, 0.2) is 0 Å². The van der Waals surface area contributed by atoms with Gasteiger partial charge in [-0.05, 0) is 76.7 Å². The molecule has 1 saturated heterocycles. The van der Waals surface area contributed by atoms with Crippen molar-refractivity contribution in [3.05, 3.63) is 71.8 Å². The number of hydrogen-bond donors (Lipinski definition) is 0. The lowest BCUT2D eigenvalue weighted by molar-refractivity contribution is -0.0202. The summed E-state index contributed by atoms with van der Waals surface area (Å²) in [5, 5.41) is 0. The quantitative estimate of drug-likeness (QED) is 0.650. The molecule has 1 aliphatic heterocycles. The van der Waals surface area contributed by atoms with E-state index in [4.69, 9.17) is 4.74 Å². The van der Waals surface area contributed by atoms with E-state index in [1.807, 2.05) is 0 Å². The van der Waals surface area contributed by atoms with Crippen molar-refractivity contribution in [2.45, 2.75) is 49.6 Å². The van der Waals surface area contributed by atoms with Gasteiger partial charge in [0.25, 0.3) is 0 Å². The normalized spacial score (nSPS) is 28.2. The highest BCUT2D eigenvalue weighted by atomic mass is 16.5. The summed E-state index contributed by atoms with van der Waals surface area (Å²) in [6.07, 6.45) is 7.11. The predicted octanol–water partition coefficient (Wildman–Crippen LogP) is 5.27. The van der Waals surface area contributed by atoms with Crippen LogP contribution in [-0.4, -0.2) is 50.7 Å². The van der Waals surface area contributed by atoms with E-state index in [1.165, 1.54) is 56.2 Å². The molecule has 4 rings (SSSR count). The van der Waals surface area contributed by atoms with E-state index in [0.717, 1.165) is 19.1 Å². The highest BCUT2D eigenvalue weighted by molar-refractivity contribution is 5.30. The van der Waals surface area contributed by atoms with Crippen LogP contribution in [0.4, 0.5) is 0 Å². The largest absolute Gasteiger partial charge is 0.381 e. The lowest BCUT2D eigenvalue weighted by atomic mass is 9.65. The van der Waals surface area contributed by atoms with Crippen LogP contribution in [0.25, 0.3) is 0 Å². The Balaban J connectivity index is 1.62. The summed E-state index contributed by atoms with van der Waals surface area (Å²) in [6.45, 7) is 3.02. The molecule has 0 amide bonds. The summed E-state index contributed by atoms with van der Waals surface area (Å²) in [6, 6.07) is 22.4. The third-order valence-corrected chi connectivity index (χ3v) is 7.99. The van der Waals surface area contributed by atoms with Gasteiger partial charge >= 0.3 is 0 Å². The van der Waals surface area contributed by atoms with Gasteiger partial charge in [-0.2, -0.15) is 0 Å². The minimum Gasteiger partial charge on any atom is -0.381 e. The molecular weight excluding hydrogens is 368 g/mol. The van der Waals surface area contributed by atoms with Crippen LogP contribution in [0.1, 0.15) is 49.7 Å². The van der Waals surface area contributed by atoms with Gasteiger partial charge in [0, 0.05) is 30.8 Å². The van der Waals surface area contributed by atoms with Crippen molar-refractivity contribution in [2.75, 3.05) is 40.9 Å². The first-order valence-electron chi connectivity index (χ1n) is 11.6. The zero-order valence-electron chi connectivity index (χ0n) is 19.0. The van der Waals surface area contributed by atoms with E-state index in [2.05, 4.69) is 91.6 Å². The zero-order valence-corrected chi connectivity index (χ0v) is 19.0. The van der Waals surface area contributed by atoms with E-state index < -0.39 is 0 Å². The third-order valence-electron chi connectivity index (χ3n) is 7.99. The van der Waals surface area contributed by atoms with Gasteiger partial charge in [0.05, 0.1) is 0 Å². The van der Waals surface area contributed by atoms with E-state index >= 15 is 0 Å². The van der Waals surface area contributed by atoms with Crippen molar-refractivity contribution in [3.8, 4) is 0 Å². The topological polar surface area (TPSA) is 15.7 Å². The van der Waals surface area contributed by atoms with Crippen molar-refractivity contribution < 1.29 is 4.74 Å². The van der Waals surface area contributed by atoms with Crippen LogP contribution in [0.2, 0.25) is 0 Å². The second kappa shape index (κ2) is 9.21. The van der Waals surface area contributed by atoms with E-state index in [9.17, 15) is 0 Å². The molecule has 1 saturated carbocycles. The molecule has 0 radical (unpaired) electrons. The van der Waals surface area contributed by atoms with Gasteiger partial charge in [-0.3, -0.25) is 9.80 Å². The minimum atomic E-state index is 0.119. The van der Waals surface area contributed by atoms with Crippen molar-refractivity contribution in [1.82, 2.24) is 9.80 Å². The molecule has 0 bridgehead atoms. The number of nitrogens with zero attached hydrogens (tertiary/aromatic N) is 2. The summed E-state index contributed by atoms with van der Waals surface area (Å²) in [4.78, 5) is 5.17.